The van der Waals surface area contributed by atoms with Crippen LogP contribution in [0, 0.1) is 5.82 Å². The second kappa shape index (κ2) is 6.11. The molecule has 2 heterocycles. The number of aromatic nitrogens is 3. The number of para-hydroxylation sites is 1. The van der Waals surface area contributed by atoms with Crippen molar-refractivity contribution in [3.8, 4) is 0 Å². The first-order valence-corrected chi connectivity index (χ1v) is 8.13. The Morgan fingerprint density at radius 3 is 2.69 bits per heavy atom. The number of anilines is 1. The molecule has 2 aromatic heterocycles. The molecule has 130 valence electrons. The van der Waals surface area contributed by atoms with Crippen LogP contribution in [-0.4, -0.2) is 20.3 Å². The Morgan fingerprint density at radius 1 is 1.15 bits per heavy atom. The number of imidazole rings is 1. The Balaban J connectivity index is 1.73. The minimum atomic E-state index is -0.483. The lowest BCUT2D eigenvalue weighted by atomic mass is 10.1. The van der Waals surface area contributed by atoms with Crippen molar-refractivity contribution in [2.75, 3.05) is 5.73 Å². The van der Waals surface area contributed by atoms with E-state index in [0.717, 1.165) is 5.56 Å². The van der Waals surface area contributed by atoms with Crippen molar-refractivity contribution in [3.05, 3.63) is 71.8 Å². The van der Waals surface area contributed by atoms with Crippen LogP contribution in [0.4, 0.5) is 10.3 Å². The van der Waals surface area contributed by atoms with Gasteiger partial charge in [-0.1, -0.05) is 36.4 Å². The lowest BCUT2D eigenvalue weighted by Gasteiger charge is -2.12. The first kappa shape index (κ1) is 16.0. The van der Waals surface area contributed by atoms with Gasteiger partial charge in [0, 0.05) is 11.6 Å². The number of fused-ring (bicyclic) bond motifs is 3. The second-order valence-electron chi connectivity index (χ2n) is 6.03. The maximum atomic E-state index is 14.0. The number of carbonyl (C=O) groups excluding carboxylic acids is 1. The highest BCUT2D eigenvalue weighted by molar-refractivity contribution is 5.97. The molecular formula is C19H16FN5O. The third-order valence-electron chi connectivity index (χ3n) is 4.29. The highest BCUT2D eigenvalue weighted by Gasteiger charge is 2.18. The van der Waals surface area contributed by atoms with Crippen LogP contribution in [-0.2, 0) is 0 Å². The molecule has 0 fully saturated rings. The number of nitrogens with zero attached hydrogens (tertiary/aromatic N) is 3. The summed E-state index contributed by atoms with van der Waals surface area (Å²) in [4.78, 5) is 21.0. The molecule has 0 aliphatic carbocycles. The molecular weight excluding hydrogens is 333 g/mol. The van der Waals surface area contributed by atoms with Crippen LogP contribution in [0.2, 0.25) is 0 Å². The van der Waals surface area contributed by atoms with E-state index < -0.39 is 5.82 Å². The number of halogens is 1. The van der Waals surface area contributed by atoms with Gasteiger partial charge in [-0.2, -0.15) is 0 Å². The van der Waals surface area contributed by atoms with E-state index in [1.165, 1.54) is 16.7 Å². The van der Waals surface area contributed by atoms with Gasteiger partial charge in [-0.25, -0.2) is 14.4 Å². The van der Waals surface area contributed by atoms with Crippen molar-refractivity contribution in [3.63, 3.8) is 0 Å². The van der Waals surface area contributed by atoms with Crippen molar-refractivity contribution >= 4 is 28.4 Å². The van der Waals surface area contributed by atoms with Crippen molar-refractivity contribution in [1.82, 2.24) is 19.7 Å². The number of carbonyl (C=O) groups is 1. The molecule has 26 heavy (non-hydrogen) atoms. The number of amides is 1. The van der Waals surface area contributed by atoms with Gasteiger partial charge in [0.25, 0.3) is 5.91 Å². The SMILES string of the molecule is CC(NC(=O)c1cn2c(N)nc3c(F)cccc3c2n1)c1ccccc1. The fourth-order valence-corrected chi connectivity index (χ4v) is 2.93. The average Bonchev–Trinajstić information content (AvgIpc) is 3.10. The van der Waals surface area contributed by atoms with Crippen molar-refractivity contribution in [2.45, 2.75) is 13.0 Å². The fraction of sp³-hybridized carbons (Fsp3) is 0.105. The summed E-state index contributed by atoms with van der Waals surface area (Å²) < 4.78 is 15.5. The normalized spacial score (nSPS) is 12.4. The lowest BCUT2D eigenvalue weighted by molar-refractivity contribution is 0.0935. The predicted octanol–water partition coefficient (Wildman–Crippen LogP) is 3.09. The molecule has 0 spiro atoms. The smallest absolute Gasteiger partial charge is 0.271 e. The first-order valence-electron chi connectivity index (χ1n) is 8.13. The molecule has 1 unspecified atom stereocenters. The van der Waals surface area contributed by atoms with Crippen LogP contribution in [0.1, 0.15) is 29.0 Å². The van der Waals surface area contributed by atoms with E-state index in [1.54, 1.807) is 12.1 Å². The summed E-state index contributed by atoms with van der Waals surface area (Å²) in [6, 6.07) is 14.0. The Kier molecular flexibility index (Phi) is 3.76. The monoisotopic (exact) mass is 349 g/mol. The molecule has 0 saturated carbocycles. The molecule has 0 aliphatic heterocycles. The van der Waals surface area contributed by atoms with Gasteiger partial charge >= 0.3 is 0 Å². The van der Waals surface area contributed by atoms with Gasteiger partial charge in [0.15, 0.2) is 0 Å². The summed E-state index contributed by atoms with van der Waals surface area (Å²) in [5, 5.41) is 3.40. The van der Waals surface area contributed by atoms with E-state index in [-0.39, 0.29) is 29.1 Å². The van der Waals surface area contributed by atoms with Crippen LogP contribution in [0.15, 0.2) is 54.7 Å². The number of hydrogen-bond acceptors (Lipinski definition) is 4. The molecule has 0 aliphatic rings. The van der Waals surface area contributed by atoms with Crippen LogP contribution < -0.4 is 11.1 Å². The molecule has 0 saturated heterocycles. The Bertz CT molecular complexity index is 1120. The topological polar surface area (TPSA) is 85.3 Å². The third-order valence-corrected chi connectivity index (χ3v) is 4.29. The Morgan fingerprint density at radius 2 is 1.92 bits per heavy atom. The van der Waals surface area contributed by atoms with Crippen LogP contribution >= 0.6 is 0 Å². The largest absolute Gasteiger partial charge is 0.369 e. The van der Waals surface area contributed by atoms with Gasteiger partial charge in [0.1, 0.15) is 22.7 Å². The van der Waals surface area contributed by atoms with Gasteiger partial charge in [0.2, 0.25) is 5.95 Å². The molecule has 1 amide bonds. The zero-order chi connectivity index (χ0) is 18.3. The van der Waals surface area contributed by atoms with Gasteiger partial charge in [-0.05, 0) is 24.6 Å². The van der Waals surface area contributed by atoms with Crippen molar-refractivity contribution in [2.24, 2.45) is 0 Å². The maximum absolute atomic E-state index is 14.0. The summed E-state index contributed by atoms with van der Waals surface area (Å²) in [7, 11) is 0. The van der Waals surface area contributed by atoms with Gasteiger partial charge < -0.3 is 11.1 Å². The van der Waals surface area contributed by atoms with Gasteiger partial charge in [-0.15, -0.1) is 0 Å². The molecule has 4 aromatic rings. The molecule has 6 nitrogen and oxygen atoms in total. The molecule has 0 radical (unpaired) electrons. The molecule has 0 bridgehead atoms. The van der Waals surface area contributed by atoms with E-state index in [0.29, 0.717) is 11.0 Å². The lowest BCUT2D eigenvalue weighted by Crippen LogP contribution is -2.26. The van der Waals surface area contributed by atoms with Crippen molar-refractivity contribution in [1.29, 1.82) is 0 Å². The van der Waals surface area contributed by atoms with E-state index in [2.05, 4.69) is 15.3 Å². The standard InChI is InChI=1S/C19H16FN5O/c1-11(12-6-3-2-4-7-12)22-18(26)15-10-25-17(23-15)13-8-5-9-14(20)16(13)24-19(25)21/h2-11H,1H3,(H2,21,24)(H,22,26). The molecule has 7 heteroatoms. The number of nitrogens with two attached hydrogens (primary N) is 1. The Labute approximate surface area is 148 Å². The van der Waals surface area contributed by atoms with Crippen LogP contribution in [0.25, 0.3) is 16.6 Å². The number of rotatable bonds is 3. The summed E-state index contributed by atoms with van der Waals surface area (Å²) in [5.41, 5.74) is 7.61. The number of benzene rings is 2. The second-order valence-corrected chi connectivity index (χ2v) is 6.03. The van der Waals surface area contributed by atoms with Gasteiger partial charge in [-0.3, -0.25) is 9.20 Å². The highest BCUT2D eigenvalue weighted by atomic mass is 19.1. The first-order chi connectivity index (χ1) is 12.5. The zero-order valence-corrected chi connectivity index (χ0v) is 14.0. The minimum absolute atomic E-state index is 0.0697. The molecule has 2 aromatic carbocycles. The highest BCUT2D eigenvalue weighted by Crippen LogP contribution is 2.23. The van der Waals surface area contributed by atoms with E-state index >= 15 is 0 Å². The average molecular weight is 349 g/mol. The summed E-state index contributed by atoms with van der Waals surface area (Å²) in [6.07, 6.45) is 1.51. The zero-order valence-electron chi connectivity index (χ0n) is 14.0. The minimum Gasteiger partial charge on any atom is -0.369 e. The molecule has 4 rings (SSSR count). The summed E-state index contributed by atoms with van der Waals surface area (Å²) in [5.74, 6) is -0.752. The number of hydrogen-bond donors (Lipinski definition) is 2. The van der Waals surface area contributed by atoms with Crippen LogP contribution in [0.5, 0.6) is 0 Å². The summed E-state index contributed by atoms with van der Waals surface area (Å²) >= 11 is 0. The molecule has 3 N–H and O–H groups in total. The maximum Gasteiger partial charge on any atom is 0.271 e. The van der Waals surface area contributed by atoms with Crippen LogP contribution in [0.3, 0.4) is 0 Å². The number of nitrogen functional groups attached to an aromatic ring is 1. The predicted molar refractivity (Wildman–Crippen MR) is 97.2 cm³/mol. The van der Waals surface area contributed by atoms with E-state index in [4.69, 9.17) is 5.73 Å². The number of nitrogens with one attached hydrogen (secondary N) is 1. The van der Waals surface area contributed by atoms with Crippen molar-refractivity contribution < 1.29 is 9.18 Å². The van der Waals surface area contributed by atoms with E-state index in [1.807, 2.05) is 37.3 Å². The molecule has 1 atom stereocenters. The van der Waals surface area contributed by atoms with Gasteiger partial charge in [0.05, 0.1) is 6.04 Å². The summed E-state index contributed by atoms with van der Waals surface area (Å²) in [6.45, 7) is 1.89. The third kappa shape index (κ3) is 2.63. The Hall–Kier alpha value is -3.48. The van der Waals surface area contributed by atoms with E-state index in [9.17, 15) is 9.18 Å². The fourth-order valence-electron chi connectivity index (χ4n) is 2.93. The quantitative estimate of drug-likeness (QED) is 0.595.